The summed E-state index contributed by atoms with van der Waals surface area (Å²) in [7, 11) is -3.66. The molecule has 2 aromatic carbocycles. The van der Waals surface area contributed by atoms with E-state index in [9.17, 15) is 13.2 Å². The minimum Gasteiger partial charge on any atom is -0.352 e. The molecule has 2 N–H and O–H groups in total. The number of hydrogen-bond donors (Lipinski definition) is 2. The fourth-order valence-corrected chi connectivity index (χ4v) is 3.68. The molecule has 144 valence electrons. The van der Waals surface area contributed by atoms with E-state index in [0.29, 0.717) is 12.1 Å². The lowest BCUT2D eigenvalue weighted by atomic mass is 10.2. The molecule has 0 bridgehead atoms. The molecule has 3 aromatic rings. The number of rotatable bonds is 8. The number of hydrogen-bond acceptors (Lipinski definition) is 4. The van der Waals surface area contributed by atoms with Crippen LogP contribution in [-0.4, -0.2) is 37.0 Å². The maximum atomic E-state index is 12.2. The Morgan fingerprint density at radius 3 is 2.64 bits per heavy atom. The van der Waals surface area contributed by atoms with Gasteiger partial charge in [0, 0.05) is 18.7 Å². The Morgan fingerprint density at radius 1 is 1.14 bits per heavy atom. The van der Waals surface area contributed by atoms with E-state index in [1.165, 1.54) is 24.3 Å². The summed E-state index contributed by atoms with van der Waals surface area (Å²) in [5, 5.41) is 2.84. The molecule has 0 saturated heterocycles. The minimum atomic E-state index is -3.66. The molecule has 0 radical (unpaired) electrons. The number of benzene rings is 2. The summed E-state index contributed by atoms with van der Waals surface area (Å²) >= 11 is 0. The molecule has 7 nitrogen and oxygen atoms in total. The first kappa shape index (κ1) is 19.6. The van der Waals surface area contributed by atoms with Gasteiger partial charge in [0.05, 0.1) is 28.8 Å². The molecule has 1 aromatic heterocycles. The van der Waals surface area contributed by atoms with Crippen LogP contribution >= 0.6 is 0 Å². The van der Waals surface area contributed by atoms with E-state index in [2.05, 4.69) is 20.9 Å². The van der Waals surface area contributed by atoms with E-state index in [0.717, 1.165) is 24.0 Å². The minimum absolute atomic E-state index is 0.0614. The second kappa shape index (κ2) is 8.69. The van der Waals surface area contributed by atoms with Crippen molar-refractivity contribution in [3.63, 3.8) is 0 Å². The van der Waals surface area contributed by atoms with Crippen LogP contribution in [0, 0.1) is 12.3 Å². The summed E-state index contributed by atoms with van der Waals surface area (Å²) in [5.74, 6) is 1.96. The number of carbonyl (C=O) groups is 1. The number of nitrogens with zero attached hydrogens (tertiary/aromatic N) is 2. The van der Waals surface area contributed by atoms with Crippen LogP contribution < -0.4 is 10.0 Å². The van der Waals surface area contributed by atoms with Gasteiger partial charge in [-0.1, -0.05) is 18.1 Å². The van der Waals surface area contributed by atoms with Crippen LogP contribution in [0.25, 0.3) is 11.0 Å². The zero-order valence-corrected chi connectivity index (χ0v) is 15.9. The van der Waals surface area contributed by atoms with E-state index in [1.807, 2.05) is 28.8 Å². The fraction of sp³-hybridized carbons (Fsp3) is 0.200. The first-order valence-corrected chi connectivity index (χ1v) is 10.2. The van der Waals surface area contributed by atoms with Gasteiger partial charge in [0.15, 0.2) is 0 Å². The van der Waals surface area contributed by atoms with Gasteiger partial charge in [-0.25, -0.2) is 13.4 Å². The van der Waals surface area contributed by atoms with Gasteiger partial charge in [0.1, 0.15) is 0 Å². The zero-order valence-electron chi connectivity index (χ0n) is 15.1. The smallest absolute Gasteiger partial charge is 0.251 e. The molecule has 8 heteroatoms. The fourth-order valence-electron chi connectivity index (χ4n) is 2.75. The average molecular weight is 396 g/mol. The molecular weight excluding hydrogens is 376 g/mol. The van der Waals surface area contributed by atoms with Crippen molar-refractivity contribution in [1.82, 2.24) is 19.6 Å². The number of sulfonamides is 1. The summed E-state index contributed by atoms with van der Waals surface area (Å²) < 4.78 is 28.3. The third-order valence-corrected chi connectivity index (χ3v) is 5.60. The number of imidazole rings is 1. The van der Waals surface area contributed by atoms with Gasteiger partial charge in [0.2, 0.25) is 10.0 Å². The van der Waals surface area contributed by atoms with Crippen LogP contribution in [0.1, 0.15) is 16.8 Å². The highest BCUT2D eigenvalue weighted by atomic mass is 32.2. The quantitative estimate of drug-likeness (QED) is 0.448. The van der Waals surface area contributed by atoms with Crippen LogP contribution in [0.15, 0.2) is 59.8 Å². The summed E-state index contributed by atoms with van der Waals surface area (Å²) in [6.45, 7) is 1.14. The predicted octanol–water partition coefficient (Wildman–Crippen LogP) is 1.77. The molecule has 0 fully saturated rings. The number of amides is 1. The molecule has 28 heavy (non-hydrogen) atoms. The van der Waals surface area contributed by atoms with Crippen LogP contribution in [0.5, 0.6) is 0 Å². The van der Waals surface area contributed by atoms with Crippen molar-refractivity contribution in [2.24, 2.45) is 0 Å². The molecule has 0 atom stereocenters. The van der Waals surface area contributed by atoms with E-state index in [-0.39, 0.29) is 17.3 Å². The van der Waals surface area contributed by atoms with Gasteiger partial charge in [-0.3, -0.25) is 4.79 Å². The van der Waals surface area contributed by atoms with Gasteiger partial charge in [-0.2, -0.15) is 4.72 Å². The van der Waals surface area contributed by atoms with Crippen molar-refractivity contribution in [3.8, 4) is 12.3 Å². The zero-order chi connectivity index (χ0) is 20.0. The topological polar surface area (TPSA) is 93.1 Å². The standard InChI is InChI=1S/C20H20N4O3S/c1-2-12-23-28(26,27)17-10-8-16(9-11-17)20(25)21-13-5-14-24-15-22-18-6-3-4-7-19(18)24/h1,3-4,6-11,15,23H,5,12-14H2,(H,21,25). The number of para-hydroxylation sites is 2. The number of terminal acetylenes is 1. The highest BCUT2D eigenvalue weighted by Crippen LogP contribution is 2.12. The average Bonchev–Trinajstić information content (AvgIpc) is 3.13. The van der Waals surface area contributed by atoms with Crippen molar-refractivity contribution in [2.45, 2.75) is 17.9 Å². The first-order valence-electron chi connectivity index (χ1n) is 8.72. The Balaban J connectivity index is 1.52. The van der Waals surface area contributed by atoms with Gasteiger partial charge < -0.3 is 9.88 Å². The lowest BCUT2D eigenvalue weighted by molar-refractivity contribution is 0.0952. The second-order valence-corrected chi connectivity index (χ2v) is 7.86. The SMILES string of the molecule is C#CCNS(=O)(=O)c1ccc(C(=O)NCCCn2cnc3ccccc32)cc1. The number of fused-ring (bicyclic) bond motifs is 1. The van der Waals surface area contributed by atoms with Gasteiger partial charge in [-0.05, 0) is 42.8 Å². The lowest BCUT2D eigenvalue weighted by Crippen LogP contribution is -2.26. The van der Waals surface area contributed by atoms with E-state index in [1.54, 1.807) is 6.33 Å². The molecular formula is C20H20N4O3S. The largest absolute Gasteiger partial charge is 0.352 e. The van der Waals surface area contributed by atoms with Crippen molar-refractivity contribution in [1.29, 1.82) is 0 Å². The Bertz CT molecular complexity index is 1110. The highest BCUT2D eigenvalue weighted by molar-refractivity contribution is 7.89. The molecule has 1 heterocycles. The molecule has 1 amide bonds. The lowest BCUT2D eigenvalue weighted by Gasteiger charge is -2.08. The van der Waals surface area contributed by atoms with Crippen molar-refractivity contribution >= 4 is 27.0 Å². The normalized spacial score (nSPS) is 11.2. The summed E-state index contributed by atoms with van der Waals surface area (Å²) in [6.07, 6.45) is 7.60. The van der Waals surface area contributed by atoms with Crippen molar-refractivity contribution < 1.29 is 13.2 Å². The van der Waals surface area contributed by atoms with E-state index >= 15 is 0 Å². The molecule has 0 aliphatic heterocycles. The van der Waals surface area contributed by atoms with Crippen molar-refractivity contribution in [2.75, 3.05) is 13.1 Å². The molecule has 0 unspecified atom stereocenters. The van der Waals surface area contributed by atoms with Gasteiger partial charge in [-0.15, -0.1) is 6.42 Å². The third-order valence-electron chi connectivity index (χ3n) is 4.18. The Kier molecular flexibility index (Phi) is 6.09. The Hall–Kier alpha value is -3.15. The molecule has 0 spiro atoms. The van der Waals surface area contributed by atoms with Crippen LogP contribution in [-0.2, 0) is 16.6 Å². The van der Waals surface area contributed by atoms with Crippen LogP contribution in [0.3, 0.4) is 0 Å². The summed E-state index contributed by atoms with van der Waals surface area (Å²) in [6, 6.07) is 13.6. The second-order valence-electron chi connectivity index (χ2n) is 6.09. The monoisotopic (exact) mass is 396 g/mol. The number of carbonyl (C=O) groups excluding carboxylic acids is 1. The molecule has 0 saturated carbocycles. The predicted molar refractivity (Wildman–Crippen MR) is 107 cm³/mol. The Morgan fingerprint density at radius 2 is 1.89 bits per heavy atom. The maximum Gasteiger partial charge on any atom is 0.251 e. The van der Waals surface area contributed by atoms with Crippen molar-refractivity contribution in [3.05, 3.63) is 60.4 Å². The van der Waals surface area contributed by atoms with E-state index in [4.69, 9.17) is 6.42 Å². The molecule has 3 rings (SSSR count). The van der Waals surface area contributed by atoms with E-state index < -0.39 is 10.0 Å². The first-order chi connectivity index (χ1) is 13.5. The number of nitrogens with one attached hydrogen (secondary N) is 2. The van der Waals surface area contributed by atoms with Crippen LogP contribution in [0.4, 0.5) is 0 Å². The number of aromatic nitrogens is 2. The molecule has 0 aliphatic rings. The third kappa shape index (κ3) is 4.57. The van der Waals surface area contributed by atoms with Gasteiger partial charge in [0.25, 0.3) is 5.91 Å². The van der Waals surface area contributed by atoms with Crippen LogP contribution in [0.2, 0.25) is 0 Å². The summed E-state index contributed by atoms with van der Waals surface area (Å²) in [5.41, 5.74) is 2.39. The maximum absolute atomic E-state index is 12.2. The highest BCUT2D eigenvalue weighted by Gasteiger charge is 2.14. The summed E-state index contributed by atoms with van der Waals surface area (Å²) in [4.78, 5) is 16.6. The molecule has 0 aliphatic carbocycles. The van der Waals surface area contributed by atoms with Gasteiger partial charge >= 0.3 is 0 Å². The number of aryl methyl sites for hydroxylation is 1. The Labute approximate surface area is 163 Å².